The normalized spacial score (nSPS) is 14.1. The van der Waals surface area contributed by atoms with Gasteiger partial charge in [0.05, 0.1) is 0 Å². The molecule has 0 aromatic heterocycles. The fraction of sp³-hybridized carbons (Fsp3) is 0.464. The van der Waals surface area contributed by atoms with Crippen molar-refractivity contribution >= 4 is 18.0 Å². The van der Waals surface area contributed by atoms with Crippen molar-refractivity contribution in [2.75, 3.05) is 6.61 Å². The van der Waals surface area contributed by atoms with Crippen LogP contribution in [-0.4, -0.2) is 41.8 Å². The predicted molar refractivity (Wildman–Crippen MR) is 135 cm³/mol. The van der Waals surface area contributed by atoms with Crippen LogP contribution in [0.5, 0.6) is 0 Å². The monoisotopic (exact) mass is 480 g/mol. The third kappa shape index (κ3) is 7.07. The van der Waals surface area contributed by atoms with Crippen LogP contribution in [-0.2, 0) is 14.3 Å². The van der Waals surface area contributed by atoms with E-state index in [-0.39, 0.29) is 24.9 Å². The molecule has 2 atom stereocenters. The average molecular weight is 481 g/mol. The summed E-state index contributed by atoms with van der Waals surface area (Å²) in [5, 5.41) is 14.8. The van der Waals surface area contributed by atoms with Gasteiger partial charge in [-0.05, 0) is 41.0 Å². The second kappa shape index (κ2) is 12.4. The van der Waals surface area contributed by atoms with Crippen LogP contribution in [0.4, 0.5) is 4.79 Å². The van der Waals surface area contributed by atoms with Crippen molar-refractivity contribution in [3.63, 3.8) is 0 Å². The van der Waals surface area contributed by atoms with Gasteiger partial charge in [0.25, 0.3) is 0 Å². The number of carboxylic acid groups (broad SMARTS) is 1. The summed E-state index contributed by atoms with van der Waals surface area (Å²) in [5.74, 6) is -1.36. The fourth-order valence-electron chi connectivity index (χ4n) is 4.65. The number of hydrogen-bond donors (Lipinski definition) is 3. The molecule has 0 bridgehead atoms. The Bertz CT molecular complexity index is 990. The molecule has 0 radical (unpaired) electrons. The smallest absolute Gasteiger partial charge is 0.407 e. The Labute approximate surface area is 207 Å². The van der Waals surface area contributed by atoms with Gasteiger partial charge in [-0.2, -0.15) is 0 Å². The van der Waals surface area contributed by atoms with Crippen LogP contribution in [0.15, 0.2) is 48.5 Å². The van der Waals surface area contributed by atoms with Crippen molar-refractivity contribution in [3.05, 3.63) is 59.7 Å². The fourth-order valence-corrected chi connectivity index (χ4v) is 4.65. The van der Waals surface area contributed by atoms with Crippen LogP contribution in [0.3, 0.4) is 0 Å². The lowest BCUT2D eigenvalue weighted by Gasteiger charge is -2.21. The van der Waals surface area contributed by atoms with Crippen LogP contribution in [0.2, 0.25) is 0 Å². The first kappa shape index (κ1) is 26.3. The quantitative estimate of drug-likeness (QED) is 0.392. The predicted octanol–water partition coefficient (Wildman–Crippen LogP) is 5.09. The van der Waals surface area contributed by atoms with Crippen molar-refractivity contribution in [1.82, 2.24) is 10.6 Å². The summed E-state index contributed by atoms with van der Waals surface area (Å²) in [6.45, 7) is 6.05. The standard InChI is InChI=1S/C28H36N2O5/c1-4-5-10-19(16-26(31)30-25(27(32)33)15-18(2)3)29-28(34)35-17-24-22-13-8-6-11-20(22)21-12-7-9-14-23(21)24/h6-9,11-14,18-19,24-25H,4-5,10,15-17H2,1-3H3,(H,29,34)(H,30,31)(H,32,33)/t19-,25?/m1/s1. The minimum absolute atomic E-state index is 0.00602. The van der Waals surface area contributed by atoms with Gasteiger partial charge < -0.3 is 20.5 Å². The maximum absolute atomic E-state index is 12.7. The summed E-state index contributed by atoms with van der Waals surface area (Å²) >= 11 is 0. The third-order valence-corrected chi connectivity index (χ3v) is 6.34. The van der Waals surface area contributed by atoms with E-state index in [1.807, 2.05) is 45.0 Å². The second-order valence-corrected chi connectivity index (χ2v) is 9.60. The summed E-state index contributed by atoms with van der Waals surface area (Å²) in [7, 11) is 0. The SMILES string of the molecule is CCCC[C@H](CC(=O)NC(CC(C)C)C(=O)O)NC(=O)OCC1c2ccccc2-c2ccccc21. The number of nitrogens with one attached hydrogen (secondary N) is 2. The molecule has 1 aliphatic carbocycles. The number of fused-ring (bicyclic) bond motifs is 3. The number of ether oxygens (including phenoxy) is 1. The van der Waals surface area contributed by atoms with Gasteiger partial charge in [0, 0.05) is 18.4 Å². The molecule has 7 nitrogen and oxygen atoms in total. The Kier molecular flexibility index (Phi) is 9.29. The Morgan fingerprint density at radius 2 is 1.57 bits per heavy atom. The molecule has 0 fully saturated rings. The van der Waals surface area contributed by atoms with E-state index in [4.69, 9.17) is 4.74 Å². The zero-order valence-corrected chi connectivity index (χ0v) is 20.8. The van der Waals surface area contributed by atoms with E-state index in [0.717, 1.165) is 35.1 Å². The summed E-state index contributed by atoms with van der Waals surface area (Å²) in [4.78, 5) is 36.8. The molecule has 0 spiro atoms. The highest BCUT2D eigenvalue weighted by molar-refractivity contribution is 5.84. The van der Waals surface area contributed by atoms with Crippen molar-refractivity contribution in [1.29, 1.82) is 0 Å². The molecule has 3 rings (SSSR count). The molecular weight excluding hydrogens is 444 g/mol. The molecule has 0 saturated carbocycles. The first-order chi connectivity index (χ1) is 16.8. The number of amides is 2. The number of carbonyl (C=O) groups excluding carboxylic acids is 2. The Morgan fingerprint density at radius 1 is 0.971 bits per heavy atom. The summed E-state index contributed by atoms with van der Waals surface area (Å²) < 4.78 is 5.63. The van der Waals surface area contributed by atoms with Gasteiger partial charge in [0.1, 0.15) is 12.6 Å². The first-order valence-corrected chi connectivity index (χ1v) is 12.4. The molecule has 0 saturated heterocycles. The lowest BCUT2D eigenvalue weighted by atomic mass is 9.98. The Morgan fingerprint density at radius 3 is 2.11 bits per heavy atom. The topological polar surface area (TPSA) is 105 Å². The zero-order valence-electron chi connectivity index (χ0n) is 20.8. The summed E-state index contributed by atoms with van der Waals surface area (Å²) in [6.07, 6.45) is 2.13. The van der Waals surface area contributed by atoms with Crippen LogP contribution in [0.1, 0.15) is 69.9 Å². The maximum Gasteiger partial charge on any atom is 0.407 e. The van der Waals surface area contributed by atoms with Crippen LogP contribution >= 0.6 is 0 Å². The summed E-state index contributed by atoms with van der Waals surface area (Å²) in [5.41, 5.74) is 4.58. The van der Waals surface area contributed by atoms with Gasteiger partial charge in [-0.1, -0.05) is 82.1 Å². The number of unbranched alkanes of at least 4 members (excludes halogenated alkanes) is 1. The lowest BCUT2D eigenvalue weighted by Crippen LogP contribution is -2.45. The van der Waals surface area contributed by atoms with Crippen LogP contribution < -0.4 is 10.6 Å². The third-order valence-electron chi connectivity index (χ3n) is 6.34. The number of alkyl carbamates (subject to hydrolysis) is 1. The molecule has 1 aliphatic rings. The van der Waals surface area contributed by atoms with E-state index in [1.165, 1.54) is 0 Å². The van der Waals surface area contributed by atoms with Gasteiger partial charge in [0.2, 0.25) is 5.91 Å². The average Bonchev–Trinajstić information content (AvgIpc) is 3.14. The van der Waals surface area contributed by atoms with Crippen LogP contribution in [0.25, 0.3) is 11.1 Å². The zero-order chi connectivity index (χ0) is 25.4. The molecule has 0 aliphatic heterocycles. The van der Waals surface area contributed by atoms with Gasteiger partial charge >= 0.3 is 12.1 Å². The first-order valence-electron chi connectivity index (χ1n) is 12.4. The highest BCUT2D eigenvalue weighted by Crippen LogP contribution is 2.44. The molecule has 2 amide bonds. The van der Waals surface area contributed by atoms with Crippen molar-refractivity contribution in [2.45, 2.75) is 70.9 Å². The Hall–Kier alpha value is -3.35. The number of hydrogen-bond acceptors (Lipinski definition) is 4. The van der Waals surface area contributed by atoms with Gasteiger partial charge in [0.15, 0.2) is 0 Å². The van der Waals surface area contributed by atoms with Crippen LogP contribution in [0, 0.1) is 5.92 Å². The minimum Gasteiger partial charge on any atom is -0.480 e. The molecule has 35 heavy (non-hydrogen) atoms. The molecule has 2 aromatic carbocycles. The van der Waals surface area contributed by atoms with E-state index in [1.54, 1.807) is 0 Å². The number of rotatable bonds is 12. The van der Waals surface area contributed by atoms with Gasteiger partial charge in [-0.15, -0.1) is 0 Å². The Balaban J connectivity index is 1.60. The molecule has 7 heteroatoms. The molecular formula is C28H36N2O5. The van der Waals surface area contributed by atoms with E-state index in [0.29, 0.717) is 12.8 Å². The highest BCUT2D eigenvalue weighted by Gasteiger charge is 2.29. The highest BCUT2D eigenvalue weighted by atomic mass is 16.5. The largest absolute Gasteiger partial charge is 0.480 e. The second-order valence-electron chi connectivity index (χ2n) is 9.60. The molecule has 3 N–H and O–H groups in total. The van der Waals surface area contributed by atoms with Crippen molar-refractivity contribution in [3.8, 4) is 11.1 Å². The van der Waals surface area contributed by atoms with E-state index in [9.17, 15) is 19.5 Å². The number of benzene rings is 2. The molecule has 0 heterocycles. The van der Waals surface area contributed by atoms with E-state index < -0.39 is 30.1 Å². The number of carbonyl (C=O) groups is 3. The van der Waals surface area contributed by atoms with E-state index >= 15 is 0 Å². The maximum atomic E-state index is 12.7. The minimum atomic E-state index is -1.05. The summed E-state index contributed by atoms with van der Waals surface area (Å²) in [6, 6.07) is 14.9. The lowest BCUT2D eigenvalue weighted by molar-refractivity contribution is -0.142. The van der Waals surface area contributed by atoms with Gasteiger partial charge in [-0.3, -0.25) is 4.79 Å². The number of carboxylic acids is 1. The van der Waals surface area contributed by atoms with E-state index in [2.05, 4.69) is 34.9 Å². The van der Waals surface area contributed by atoms with Gasteiger partial charge in [-0.25, -0.2) is 9.59 Å². The molecule has 188 valence electrons. The molecule has 2 aromatic rings. The van der Waals surface area contributed by atoms with Crippen molar-refractivity contribution in [2.24, 2.45) is 5.92 Å². The number of aliphatic carboxylic acids is 1. The van der Waals surface area contributed by atoms with Crippen molar-refractivity contribution < 1.29 is 24.2 Å². The molecule has 1 unspecified atom stereocenters.